The number of rotatable bonds is 5. The summed E-state index contributed by atoms with van der Waals surface area (Å²) in [5.41, 5.74) is 0. The van der Waals surface area contributed by atoms with Crippen LogP contribution < -0.4 is 0 Å². The van der Waals surface area contributed by atoms with E-state index in [1.54, 1.807) is 6.07 Å². The Labute approximate surface area is 96.4 Å². The van der Waals surface area contributed by atoms with Gasteiger partial charge in [-0.25, -0.2) is 12.8 Å². The Morgan fingerprint density at radius 1 is 1.19 bits per heavy atom. The summed E-state index contributed by atoms with van der Waals surface area (Å²) in [7, 11) is -3.49. The lowest BCUT2D eigenvalue weighted by molar-refractivity contribution is 0.517. The van der Waals surface area contributed by atoms with Gasteiger partial charge < -0.3 is 0 Å². The van der Waals surface area contributed by atoms with Crippen LogP contribution in [-0.4, -0.2) is 14.2 Å². The topological polar surface area (TPSA) is 34.1 Å². The maximum Gasteiger partial charge on any atom is 0.181 e. The van der Waals surface area contributed by atoms with E-state index in [1.165, 1.54) is 18.2 Å². The maximum atomic E-state index is 13.4. The van der Waals surface area contributed by atoms with Crippen LogP contribution in [0.15, 0.2) is 29.2 Å². The molecule has 0 aromatic heterocycles. The summed E-state index contributed by atoms with van der Waals surface area (Å²) in [4.78, 5) is -0.179. The van der Waals surface area contributed by atoms with Gasteiger partial charge in [0.1, 0.15) is 10.7 Å². The fraction of sp³-hybridized carbons (Fsp3) is 0.500. The molecule has 0 N–H and O–H groups in total. The molecule has 1 aromatic carbocycles. The molecule has 0 aliphatic rings. The summed E-state index contributed by atoms with van der Waals surface area (Å²) in [6.07, 6.45) is 1.59. The summed E-state index contributed by atoms with van der Waals surface area (Å²) in [6.45, 7) is 3.90. The Morgan fingerprint density at radius 2 is 1.75 bits per heavy atom. The Kier molecular flexibility index (Phi) is 4.47. The molecule has 0 saturated carbocycles. The smallest absolute Gasteiger partial charge is 0.181 e. The summed E-state index contributed by atoms with van der Waals surface area (Å²) in [5.74, 6) is -0.529. The van der Waals surface area contributed by atoms with Crippen molar-refractivity contribution in [2.45, 2.75) is 31.6 Å². The lowest BCUT2D eigenvalue weighted by Gasteiger charge is -2.12. The first-order valence-electron chi connectivity index (χ1n) is 5.48. The van der Waals surface area contributed by atoms with Crippen molar-refractivity contribution in [1.29, 1.82) is 0 Å². The molecular formula is C12H17FO2S. The SMILES string of the molecule is CCC(CC)CS(=O)(=O)c1ccccc1F. The van der Waals surface area contributed by atoms with Crippen LogP contribution in [0.1, 0.15) is 26.7 Å². The molecule has 0 saturated heterocycles. The van der Waals surface area contributed by atoms with E-state index in [9.17, 15) is 12.8 Å². The highest BCUT2D eigenvalue weighted by atomic mass is 32.2. The van der Waals surface area contributed by atoms with E-state index in [-0.39, 0.29) is 16.6 Å². The van der Waals surface area contributed by atoms with Gasteiger partial charge in [0.05, 0.1) is 5.75 Å². The van der Waals surface area contributed by atoms with Gasteiger partial charge >= 0.3 is 0 Å². The zero-order valence-electron chi connectivity index (χ0n) is 9.61. The average Bonchev–Trinajstić information content (AvgIpc) is 2.26. The van der Waals surface area contributed by atoms with Crippen molar-refractivity contribution in [3.63, 3.8) is 0 Å². The van der Waals surface area contributed by atoms with Gasteiger partial charge in [0.2, 0.25) is 0 Å². The average molecular weight is 244 g/mol. The number of hydrogen-bond donors (Lipinski definition) is 0. The van der Waals surface area contributed by atoms with Crippen LogP contribution in [0.3, 0.4) is 0 Å². The zero-order chi connectivity index (χ0) is 12.2. The van der Waals surface area contributed by atoms with Crippen molar-refractivity contribution in [2.24, 2.45) is 5.92 Å². The standard InChI is InChI=1S/C12H17FO2S/c1-3-10(4-2)9-16(14,15)12-8-6-5-7-11(12)13/h5-8,10H,3-4,9H2,1-2H3. The van der Waals surface area contributed by atoms with E-state index in [4.69, 9.17) is 0 Å². The van der Waals surface area contributed by atoms with Gasteiger partial charge in [0.15, 0.2) is 9.84 Å². The quantitative estimate of drug-likeness (QED) is 0.797. The van der Waals surface area contributed by atoms with Crippen LogP contribution in [-0.2, 0) is 9.84 Å². The first kappa shape index (κ1) is 13.2. The zero-order valence-corrected chi connectivity index (χ0v) is 10.4. The Hall–Kier alpha value is -0.900. The fourth-order valence-electron chi connectivity index (χ4n) is 1.62. The Bertz CT molecular complexity index is 436. The van der Waals surface area contributed by atoms with E-state index < -0.39 is 15.7 Å². The highest BCUT2D eigenvalue weighted by molar-refractivity contribution is 7.91. The minimum atomic E-state index is -3.49. The van der Waals surface area contributed by atoms with Crippen molar-refractivity contribution >= 4 is 9.84 Å². The van der Waals surface area contributed by atoms with E-state index in [1.807, 2.05) is 13.8 Å². The van der Waals surface area contributed by atoms with Crippen LogP contribution in [0.4, 0.5) is 4.39 Å². The fourth-order valence-corrected chi connectivity index (χ4v) is 3.54. The molecule has 1 aromatic rings. The summed E-state index contributed by atoms with van der Waals surface area (Å²) >= 11 is 0. The second kappa shape index (κ2) is 5.43. The molecule has 0 aliphatic carbocycles. The predicted molar refractivity (Wildman–Crippen MR) is 62.5 cm³/mol. The lowest BCUT2D eigenvalue weighted by Crippen LogP contribution is -2.16. The van der Waals surface area contributed by atoms with E-state index in [0.29, 0.717) is 0 Å². The first-order chi connectivity index (χ1) is 7.51. The minimum Gasteiger partial charge on any atom is -0.224 e. The molecule has 16 heavy (non-hydrogen) atoms. The van der Waals surface area contributed by atoms with Gasteiger partial charge in [-0.1, -0.05) is 38.8 Å². The summed E-state index contributed by atoms with van der Waals surface area (Å²) < 4.78 is 37.2. The third-order valence-corrected chi connectivity index (χ3v) is 4.69. The molecule has 4 heteroatoms. The molecule has 0 amide bonds. The summed E-state index contributed by atoms with van der Waals surface area (Å²) in [6, 6.07) is 5.54. The van der Waals surface area contributed by atoms with E-state index in [0.717, 1.165) is 12.8 Å². The van der Waals surface area contributed by atoms with Crippen LogP contribution in [0, 0.1) is 11.7 Å². The van der Waals surface area contributed by atoms with Gasteiger partial charge in [-0.3, -0.25) is 0 Å². The highest BCUT2D eigenvalue weighted by Crippen LogP contribution is 2.20. The van der Waals surface area contributed by atoms with Gasteiger partial charge in [-0.05, 0) is 18.1 Å². The molecule has 0 atom stereocenters. The molecular weight excluding hydrogens is 227 g/mol. The predicted octanol–water partition coefficient (Wildman–Crippen LogP) is 3.04. The number of hydrogen-bond acceptors (Lipinski definition) is 2. The minimum absolute atomic E-state index is 0.0287. The number of halogens is 1. The van der Waals surface area contributed by atoms with Crippen molar-refractivity contribution in [3.05, 3.63) is 30.1 Å². The molecule has 0 heterocycles. The van der Waals surface area contributed by atoms with Gasteiger partial charge in [-0.15, -0.1) is 0 Å². The molecule has 0 radical (unpaired) electrons. The Morgan fingerprint density at radius 3 is 2.25 bits per heavy atom. The first-order valence-corrected chi connectivity index (χ1v) is 7.13. The third kappa shape index (κ3) is 3.04. The van der Waals surface area contributed by atoms with Crippen molar-refractivity contribution in [3.8, 4) is 0 Å². The van der Waals surface area contributed by atoms with Crippen LogP contribution >= 0.6 is 0 Å². The molecule has 90 valence electrons. The van der Waals surface area contributed by atoms with Gasteiger partial charge in [0.25, 0.3) is 0 Å². The molecule has 0 aliphatic heterocycles. The van der Waals surface area contributed by atoms with Crippen molar-refractivity contribution in [1.82, 2.24) is 0 Å². The van der Waals surface area contributed by atoms with Crippen molar-refractivity contribution in [2.75, 3.05) is 5.75 Å². The third-order valence-electron chi connectivity index (χ3n) is 2.78. The largest absolute Gasteiger partial charge is 0.224 e. The molecule has 0 fully saturated rings. The normalized spacial score (nSPS) is 12.0. The van der Waals surface area contributed by atoms with Crippen LogP contribution in [0.2, 0.25) is 0 Å². The number of benzene rings is 1. The molecule has 0 unspecified atom stereocenters. The van der Waals surface area contributed by atoms with Crippen LogP contribution in [0.25, 0.3) is 0 Å². The molecule has 2 nitrogen and oxygen atoms in total. The second-order valence-corrected chi connectivity index (χ2v) is 5.90. The lowest BCUT2D eigenvalue weighted by atomic mass is 10.1. The summed E-state index contributed by atoms with van der Waals surface area (Å²) in [5, 5.41) is 0. The van der Waals surface area contributed by atoms with Gasteiger partial charge in [-0.2, -0.15) is 0 Å². The molecule has 0 spiro atoms. The molecule has 0 bridgehead atoms. The van der Waals surface area contributed by atoms with Gasteiger partial charge in [0, 0.05) is 0 Å². The number of sulfone groups is 1. The monoisotopic (exact) mass is 244 g/mol. The van der Waals surface area contributed by atoms with Crippen LogP contribution in [0.5, 0.6) is 0 Å². The maximum absolute atomic E-state index is 13.4. The van der Waals surface area contributed by atoms with E-state index in [2.05, 4.69) is 0 Å². The second-order valence-electron chi connectivity index (χ2n) is 3.89. The van der Waals surface area contributed by atoms with E-state index >= 15 is 0 Å². The Balaban J connectivity index is 2.99. The van der Waals surface area contributed by atoms with Crippen molar-refractivity contribution < 1.29 is 12.8 Å². The highest BCUT2D eigenvalue weighted by Gasteiger charge is 2.22. The molecule has 1 rings (SSSR count).